The molecule has 1 aromatic carbocycles. The van der Waals surface area contributed by atoms with Crippen molar-refractivity contribution in [3.63, 3.8) is 0 Å². The summed E-state index contributed by atoms with van der Waals surface area (Å²) in [5, 5.41) is 25.0. The van der Waals surface area contributed by atoms with Gasteiger partial charge in [0.05, 0.1) is 7.11 Å². The van der Waals surface area contributed by atoms with E-state index >= 15 is 0 Å². The summed E-state index contributed by atoms with van der Waals surface area (Å²) in [5.41, 5.74) is 12.3. The van der Waals surface area contributed by atoms with Crippen molar-refractivity contribution < 1.29 is 31.1 Å². The summed E-state index contributed by atoms with van der Waals surface area (Å²) in [6.45, 7) is 4.69. The lowest BCUT2D eigenvalue weighted by Crippen LogP contribution is -2.49. The van der Waals surface area contributed by atoms with Crippen molar-refractivity contribution in [3.8, 4) is 5.75 Å². The Balaban J connectivity index is 0.931. The fourth-order valence-electron chi connectivity index (χ4n) is 10.5. The van der Waals surface area contributed by atoms with Crippen LogP contribution in [-0.4, -0.2) is 85.7 Å². The van der Waals surface area contributed by atoms with Gasteiger partial charge >= 0.3 is 12.4 Å². The second-order valence-corrected chi connectivity index (χ2v) is 20.1. The fraction of sp³-hybridized carbons (Fsp3) is 0.511. The molecular formula is C45H52F6N14OS2. The standard InChI is InChI=1S/C45H52F6N14OS2/c1-26(56-33-10-4-14-43(33)17-23-64(24-18-43)40-58-36(53)38(60-62-40)67-30-7-5-19-54-34(30)44(46,47)48)28-12-11-27(66-2)25-29(28)57-37-39(68-31-8-6-20-55-35(31)45(49,50)51)61-63-41(59-37)65-21-15-42(16-22-65)13-3-9-32(42)52/h5-8,11-12,19-20,25-26,32-33,56H,3-4,9-10,13-18,21-24,52H2,1-2H3,(H2,53,58,62)(H,57,59,63)/t26-,32-,33-/m1/s1. The van der Waals surface area contributed by atoms with Gasteiger partial charge < -0.3 is 36.6 Å². The zero-order chi connectivity index (χ0) is 47.8. The van der Waals surface area contributed by atoms with Gasteiger partial charge in [-0.2, -0.15) is 36.3 Å². The summed E-state index contributed by atoms with van der Waals surface area (Å²) in [5.74, 6) is 1.48. The molecule has 4 aromatic heterocycles. The van der Waals surface area contributed by atoms with E-state index in [9.17, 15) is 26.3 Å². The Kier molecular flexibility index (Phi) is 13.5. The number of benzene rings is 1. The number of aromatic nitrogens is 8. The predicted octanol–water partition coefficient (Wildman–Crippen LogP) is 9.11. The van der Waals surface area contributed by atoms with Gasteiger partial charge in [-0.15, -0.1) is 20.4 Å². The average molecular weight is 983 g/mol. The molecule has 0 amide bonds. The van der Waals surface area contributed by atoms with Gasteiger partial charge in [0, 0.05) is 78.2 Å². The third kappa shape index (κ3) is 9.93. The van der Waals surface area contributed by atoms with Crippen molar-refractivity contribution in [1.82, 2.24) is 45.6 Å². The van der Waals surface area contributed by atoms with Gasteiger partial charge in [-0.05, 0) is 105 Å². The van der Waals surface area contributed by atoms with Crippen LogP contribution in [-0.2, 0) is 12.4 Å². The van der Waals surface area contributed by atoms with E-state index < -0.39 is 23.7 Å². The van der Waals surface area contributed by atoms with E-state index in [1.54, 1.807) is 7.11 Å². The van der Waals surface area contributed by atoms with E-state index in [1.807, 2.05) is 23.1 Å². The van der Waals surface area contributed by atoms with Gasteiger partial charge in [-0.3, -0.25) is 9.97 Å². The number of nitrogen functional groups attached to an aromatic ring is 1. The number of nitrogens with one attached hydrogen (secondary N) is 2. The molecule has 2 saturated carbocycles. The second kappa shape index (κ2) is 19.3. The van der Waals surface area contributed by atoms with Crippen LogP contribution in [0.25, 0.3) is 0 Å². The smallest absolute Gasteiger partial charge is 0.434 e. The molecule has 23 heteroatoms. The Morgan fingerprint density at radius 1 is 0.735 bits per heavy atom. The monoisotopic (exact) mass is 982 g/mol. The van der Waals surface area contributed by atoms with Gasteiger partial charge in [-0.1, -0.05) is 42.4 Å². The molecule has 4 fully saturated rings. The summed E-state index contributed by atoms with van der Waals surface area (Å²) >= 11 is 1.52. The number of rotatable bonds is 12. The highest BCUT2D eigenvalue weighted by Crippen LogP contribution is 2.49. The van der Waals surface area contributed by atoms with Gasteiger partial charge in [0.2, 0.25) is 11.9 Å². The first-order valence-electron chi connectivity index (χ1n) is 22.7. The first-order chi connectivity index (χ1) is 32.5. The van der Waals surface area contributed by atoms with Crippen LogP contribution in [0, 0.1) is 10.8 Å². The molecule has 2 aliphatic carbocycles. The molecule has 0 radical (unpaired) electrons. The van der Waals surface area contributed by atoms with Crippen LogP contribution in [0.3, 0.4) is 0 Å². The number of nitrogens with zero attached hydrogens (tertiary/aromatic N) is 10. The summed E-state index contributed by atoms with van der Waals surface area (Å²) in [6, 6.07) is 11.3. The van der Waals surface area contributed by atoms with E-state index in [4.69, 9.17) is 21.2 Å². The van der Waals surface area contributed by atoms with Crippen molar-refractivity contribution in [2.45, 2.75) is 121 Å². The molecule has 362 valence electrons. The number of hydrogen-bond acceptors (Lipinski definition) is 17. The van der Waals surface area contributed by atoms with Crippen molar-refractivity contribution in [2.24, 2.45) is 16.6 Å². The number of alkyl halides is 6. The largest absolute Gasteiger partial charge is 0.497 e. The van der Waals surface area contributed by atoms with Crippen LogP contribution >= 0.6 is 23.5 Å². The SMILES string of the molecule is COc1ccc([C@@H](C)N[C@@H]2CCCC23CCN(c2nnc(Sc4cccnc4C(F)(F)F)c(N)n2)CC3)c(Nc2nc(N3CCC4(CCC[C@H]4N)CC3)nnc2Sc2cccnc2C(F)(F)F)c1. The quantitative estimate of drug-likeness (QED) is 0.0864. The van der Waals surface area contributed by atoms with Gasteiger partial charge in [0.1, 0.15) is 5.75 Å². The highest BCUT2D eigenvalue weighted by Gasteiger charge is 2.46. The molecule has 5 aromatic rings. The normalized spacial score (nSPS) is 20.8. The number of ether oxygens (including phenoxy) is 1. The van der Waals surface area contributed by atoms with Crippen LogP contribution in [0.1, 0.15) is 94.1 Å². The van der Waals surface area contributed by atoms with Crippen LogP contribution in [0.2, 0.25) is 0 Å². The molecule has 4 aliphatic rings. The second-order valence-electron chi connectivity index (χ2n) is 18.1. The molecule has 0 unspecified atom stereocenters. The number of hydrogen-bond donors (Lipinski definition) is 4. The molecule has 15 nitrogen and oxygen atoms in total. The molecule has 2 spiro atoms. The van der Waals surface area contributed by atoms with E-state index in [0.29, 0.717) is 49.5 Å². The Hall–Kier alpha value is -5.26. The lowest BCUT2D eigenvalue weighted by Gasteiger charge is -2.44. The Morgan fingerprint density at radius 3 is 1.87 bits per heavy atom. The number of anilines is 5. The third-order valence-electron chi connectivity index (χ3n) is 14.2. The number of pyridine rings is 2. The van der Waals surface area contributed by atoms with E-state index in [1.165, 1.54) is 24.3 Å². The topological polar surface area (TPSA) is 195 Å². The third-order valence-corrected chi connectivity index (χ3v) is 16.3. The van der Waals surface area contributed by atoms with E-state index in [0.717, 1.165) is 106 Å². The summed E-state index contributed by atoms with van der Waals surface area (Å²) < 4.78 is 89.0. The van der Waals surface area contributed by atoms with Crippen LogP contribution in [0.4, 0.5) is 55.6 Å². The van der Waals surface area contributed by atoms with Gasteiger partial charge in [0.15, 0.2) is 33.1 Å². The number of nitrogens with two attached hydrogens (primary N) is 2. The summed E-state index contributed by atoms with van der Waals surface area (Å²) in [7, 11) is 1.57. The van der Waals surface area contributed by atoms with Crippen LogP contribution in [0.15, 0.2) is 74.7 Å². The Bertz CT molecular complexity index is 2590. The summed E-state index contributed by atoms with van der Waals surface area (Å²) in [6.07, 6.45) is 2.48. The highest BCUT2D eigenvalue weighted by atomic mass is 32.2. The maximum absolute atomic E-state index is 14.2. The summed E-state index contributed by atoms with van der Waals surface area (Å²) in [4.78, 5) is 20.4. The molecular weight excluding hydrogens is 931 g/mol. The fourth-order valence-corrected chi connectivity index (χ4v) is 12.2. The van der Waals surface area contributed by atoms with E-state index in [2.05, 4.69) is 57.8 Å². The minimum atomic E-state index is -4.70. The average Bonchev–Trinajstić information content (AvgIpc) is 3.87. The Labute approximate surface area is 397 Å². The van der Waals surface area contributed by atoms with E-state index in [-0.39, 0.29) is 60.4 Å². The Morgan fingerprint density at radius 2 is 1.29 bits per heavy atom. The van der Waals surface area contributed by atoms with Crippen LogP contribution < -0.4 is 36.6 Å². The minimum absolute atomic E-state index is 0.0212. The lowest BCUT2D eigenvalue weighted by atomic mass is 9.73. The lowest BCUT2D eigenvalue weighted by molar-refractivity contribution is -0.144. The van der Waals surface area contributed by atoms with Crippen molar-refractivity contribution >= 4 is 52.7 Å². The molecule has 2 saturated heterocycles. The molecule has 6 N–H and O–H groups in total. The predicted molar refractivity (Wildman–Crippen MR) is 246 cm³/mol. The molecule has 6 heterocycles. The zero-order valence-electron chi connectivity index (χ0n) is 37.4. The minimum Gasteiger partial charge on any atom is -0.497 e. The first-order valence-corrected chi connectivity index (χ1v) is 24.3. The molecule has 0 bridgehead atoms. The molecule has 3 atom stereocenters. The van der Waals surface area contributed by atoms with Crippen molar-refractivity contribution in [2.75, 3.05) is 54.1 Å². The van der Waals surface area contributed by atoms with Gasteiger partial charge in [-0.25, -0.2) is 0 Å². The number of methoxy groups -OCH3 is 1. The first kappa shape index (κ1) is 47.8. The van der Waals surface area contributed by atoms with Crippen molar-refractivity contribution in [1.29, 1.82) is 0 Å². The van der Waals surface area contributed by atoms with Crippen molar-refractivity contribution in [3.05, 3.63) is 71.8 Å². The highest BCUT2D eigenvalue weighted by molar-refractivity contribution is 7.99. The molecule has 9 rings (SSSR count). The zero-order valence-corrected chi connectivity index (χ0v) is 39.1. The van der Waals surface area contributed by atoms with Gasteiger partial charge in [0.25, 0.3) is 0 Å². The molecule has 2 aliphatic heterocycles. The van der Waals surface area contributed by atoms with Crippen LogP contribution in [0.5, 0.6) is 5.75 Å². The number of halogens is 6. The maximum Gasteiger partial charge on any atom is 0.434 e. The molecule has 68 heavy (non-hydrogen) atoms. The number of piperidine rings is 2. The maximum atomic E-state index is 14.2.